The van der Waals surface area contributed by atoms with E-state index in [2.05, 4.69) is 15.0 Å². The lowest BCUT2D eigenvalue weighted by Crippen LogP contribution is -2.37. The van der Waals surface area contributed by atoms with Gasteiger partial charge >= 0.3 is 6.09 Å². The molecule has 0 spiro atoms. The van der Waals surface area contributed by atoms with Crippen molar-refractivity contribution in [2.75, 3.05) is 4.90 Å². The fourth-order valence-electron chi connectivity index (χ4n) is 1.70. The van der Waals surface area contributed by atoms with Crippen LogP contribution in [0.25, 0.3) is 0 Å². The fraction of sp³-hybridized carbons (Fsp3) is 0.357. The van der Waals surface area contributed by atoms with Crippen LogP contribution in [0.4, 0.5) is 10.6 Å². The average molecular weight is 343 g/mol. The normalized spacial score (nSPS) is 11.3. The Balaban J connectivity index is 2.29. The van der Waals surface area contributed by atoms with Gasteiger partial charge in [0.25, 0.3) is 0 Å². The Bertz CT molecular complexity index is 667. The summed E-state index contributed by atoms with van der Waals surface area (Å²) in [5.74, 6) is 0.347. The molecule has 0 saturated heterocycles. The summed E-state index contributed by atoms with van der Waals surface area (Å²) in [6.07, 6.45) is 2.39. The van der Waals surface area contributed by atoms with Crippen molar-refractivity contribution in [1.29, 1.82) is 0 Å². The highest BCUT2D eigenvalue weighted by Crippen LogP contribution is 2.21. The van der Waals surface area contributed by atoms with Gasteiger partial charge in [0, 0.05) is 18.0 Å². The number of rotatable bonds is 3. The Morgan fingerprint density at radius 3 is 2.59 bits per heavy atom. The number of amides is 1. The molecule has 0 unspecified atom stereocenters. The standard InChI is InChI=1S/C14H16Cl2N4O2/c1-14(2,3)22-13(21)20(7-10-4-9(15)6-17-10)12-5-11(16)18-8-19-12/h4-6,8,17H,7H2,1-3H3. The Morgan fingerprint density at radius 2 is 2.05 bits per heavy atom. The number of anilines is 1. The second-order valence-electron chi connectivity index (χ2n) is 5.61. The predicted octanol–water partition coefficient (Wildman–Crippen LogP) is 4.05. The first-order valence-electron chi connectivity index (χ1n) is 6.55. The first-order chi connectivity index (χ1) is 10.2. The van der Waals surface area contributed by atoms with Crippen LogP contribution in [0.3, 0.4) is 0 Å². The molecule has 2 heterocycles. The van der Waals surface area contributed by atoms with Crippen LogP contribution in [0, 0.1) is 0 Å². The van der Waals surface area contributed by atoms with Gasteiger partial charge in [-0.1, -0.05) is 23.2 Å². The van der Waals surface area contributed by atoms with Gasteiger partial charge in [0.1, 0.15) is 22.9 Å². The zero-order valence-corrected chi connectivity index (χ0v) is 13.9. The zero-order valence-electron chi connectivity index (χ0n) is 12.4. The molecule has 22 heavy (non-hydrogen) atoms. The fourth-order valence-corrected chi connectivity index (χ4v) is 2.03. The minimum absolute atomic E-state index is 0.217. The number of H-pyrrole nitrogens is 1. The van der Waals surface area contributed by atoms with E-state index in [1.54, 1.807) is 33.0 Å². The SMILES string of the molecule is CC(C)(C)OC(=O)N(Cc1cc(Cl)c[nH]1)c1cc(Cl)ncn1. The number of hydrogen-bond acceptors (Lipinski definition) is 4. The summed E-state index contributed by atoms with van der Waals surface area (Å²) in [5, 5.41) is 0.794. The number of aromatic nitrogens is 3. The van der Waals surface area contributed by atoms with E-state index in [1.807, 2.05) is 0 Å². The Labute approximate surface area is 138 Å². The van der Waals surface area contributed by atoms with Crippen LogP contribution < -0.4 is 4.90 Å². The molecule has 0 radical (unpaired) electrons. The highest BCUT2D eigenvalue weighted by molar-refractivity contribution is 6.30. The van der Waals surface area contributed by atoms with Crippen molar-refractivity contribution in [3.8, 4) is 0 Å². The summed E-state index contributed by atoms with van der Waals surface area (Å²) in [6, 6.07) is 3.22. The van der Waals surface area contributed by atoms with E-state index in [4.69, 9.17) is 27.9 Å². The molecule has 118 valence electrons. The van der Waals surface area contributed by atoms with Gasteiger partial charge in [-0.2, -0.15) is 0 Å². The third-order valence-corrected chi connectivity index (χ3v) is 2.97. The molecule has 0 aliphatic heterocycles. The van der Waals surface area contributed by atoms with E-state index < -0.39 is 11.7 Å². The topological polar surface area (TPSA) is 71.1 Å². The molecule has 0 bridgehead atoms. The van der Waals surface area contributed by atoms with Crippen molar-refractivity contribution in [1.82, 2.24) is 15.0 Å². The number of nitrogens with zero attached hydrogens (tertiary/aromatic N) is 3. The van der Waals surface area contributed by atoms with Crippen molar-refractivity contribution in [3.63, 3.8) is 0 Å². The van der Waals surface area contributed by atoms with E-state index in [9.17, 15) is 4.79 Å². The highest BCUT2D eigenvalue weighted by atomic mass is 35.5. The van der Waals surface area contributed by atoms with Gasteiger partial charge in [0.05, 0.1) is 11.6 Å². The first-order valence-corrected chi connectivity index (χ1v) is 7.31. The van der Waals surface area contributed by atoms with Crippen LogP contribution >= 0.6 is 23.2 Å². The predicted molar refractivity (Wildman–Crippen MR) is 85.3 cm³/mol. The largest absolute Gasteiger partial charge is 0.443 e. The third kappa shape index (κ3) is 4.61. The van der Waals surface area contributed by atoms with Gasteiger partial charge in [-0.25, -0.2) is 14.8 Å². The third-order valence-electron chi connectivity index (χ3n) is 2.55. The van der Waals surface area contributed by atoms with Gasteiger partial charge in [-0.05, 0) is 26.8 Å². The second-order valence-corrected chi connectivity index (χ2v) is 6.43. The molecule has 0 saturated carbocycles. The molecule has 0 fully saturated rings. The smallest absolute Gasteiger partial charge is 0.416 e. The van der Waals surface area contributed by atoms with Gasteiger partial charge in [0.15, 0.2) is 0 Å². The Kier molecular flexibility index (Phi) is 4.93. The molecule has 0 aromatic carbocycles. The molecule has 2 aromatic rings. The molecule has 6 nitrogen and oxygen atoms in total. The van der Waals surface area contributed by atoms with Gasteiger partial charge < -0.3 is 9.72 Å². The second kappa shape index (κ2) is 6.54. The van der Waals surface area contributed by atoms with Crippen LogP contribution in [-0.2, 0) is 11.3 Å². The maximum Gasteiger partial charge on any atom is 0.416 e. The van der Waals surface area contributed by atoms with E-state index in [0.29, 0.717) is 10.8 Å². The van der Waals surface area contributed by atoms with Crippen LogP contribution in [0.5, 0.6) is 0 Å². The van der Waals surface area contributed by atoms with E-state index in [-0.39, 0.29) is 11.7 Å². The van der Waals surface area contributed by atoms with Crippen molar-refractivity contribution in [3.05, 3.63) is 40.5 Å². The minimum atomic E-state index is -0.625. The lowest BCUT2D eigenvalue weighted by molar-refractivity contribution is 0.0576. The van der Waals surface area contributed by atoms with Gasteiger partial charge in [0.2, 0.25) is 0 Å². The molecule has 1 N–H and O–H groups in total. The van der Waals surface area contributed by atoms with Crippen molar-refractivity contribution < 1.29 is 9.53 Å². The molecular formula is C14H16Cl2N4O2. The summed E-state index contributed by atoms with van der Waals surface area (Å²) in [5.41, 5.74) is 0.116. The molecule has 8 heteroatoms. The summed E-state index contributed by atoms with van der Waals surface area (Å²) in [6.45, 7) is 5.60. The van der Waals surface area contributed by atoms with Crippen molar-refractivity contribution in [2.45, 2.75) is 32.9 Å². The van der Waals surface area contributed by atoms with E-state index in [0.717, 1.165) is 5.69 Å². The number of ether oxygens (including phenoxy) is 1. The number of hydrogen-bond donors (Lipinski definition) is 1. The molecule has 0 aliphatic carbocycles. The van der Waals surface area contributed by atoms with Crippen LogP contribution in [-0.4, -0.2) is 26.6 Å². The van der Waals surface area contributed by atoms with Crippen molar-refractivity contribution >= 4 is 35.1 Å². The molecule has 0 aliphatic rings. The number of carbonyl (C=O) groups excluding carboxylic acids is 1. The van der Waals surface area contributed by atoms with Crippen LogP contribution in [0.15, 0.2) is 24.7 Å². The zero-order chi connectivity index (χ0) is 16.3. The highest BCUT2D eigenvalue weighted by Gasteiger charge is 2.25. The maximum atomic E-state index is 12.4. The quantitative estimate of drug-likeness (QED) is 0.854. The molecule has 1 amide bonds. The summed E-state index contributed by atoms with van der Waals surface area (Å²) >= 11 is 11.8. The molecule has 2 rings (SSSR count). The lowest BCUT2D eigenvalue weighted by Gasteiger charge is -2.26. The van der Waals surface area contributed by atoms with Crippen molar-refractivity contribution in [2.24, 2.45) is 0 Å². The Morgan fingerprint density at radius 1 is 1.32 bits per heavy atom. The maximum absolute atomic E-state index is 12.4. The van der Waals surface area contributed by atoms with Crippen LogP contribution in [0.2, 0.25) is 10.2 Å². The number of aromatic amines is 1. The van der Waals surface area contributed by atoms with Gasteiger partial charge in [-0.3, -0.25) is 4.90 Å². The minimum Gasteiger partial charge on any atom is -0.443 e. The molecule has 0 atom stereocenters. The molecular weight excluding hydrogens is 327 g/mol. The Hall–Kier alpha value is -1.79. The number of nitrogens with one attached hydrogen (secondary N) is 1. The monoisotopic (exact) mass is 342 g/mol. The first kappa shape index (κ1) is 16.6. The number of halogens is 2. The van der Waals surface area contributed by atoms with E-state index in [1.165, 1.54) is 17.3 Å². The van der Waals surface area contributed by atoms with E-state index >= 15 is 0 Å². The van der Waals surface area contributed by atoms with Crippen LogP contribution in [0.1, 0.15) is 26.5 Å². The lowest BCUT2D eigenvalue weighted by atomic mass is 10.2. The molecule has 2 aromatic heterocycles. The average Bonchev–Trinajstić information content (AvgIpc) is 2.79. The summed E-state index contributed by atoms with van der Waals surface area (Å²) in [7, 11) is 0. The number of carbonyl (C=O) groups is 1. The summed E-state index contributed by atoms with van der Waals surface area (Å²) in [4.78, 5) is 24.7. The van der Waals surface area contributed by atoms with Gasteiger partial charge in [-0.15, -0.1) is 0 Å². The summed E-state index contributed by atoms with van der Waals surface area (Å²) < 4.78 is 5.41.